The molecule has 0 saturated carbocycles. The topological polar surface area (TPSA) is 62.6 Å². The van der Waals surface area contributed by atoms with Crippen LogP contribution in [0, 0.1) is 0 Å². The highest BCUT2D eigenvalue weighted by atomic mass is 16.7. The van der Waals surface area contributed by atoms with Gasteiger partial charge in [0.05, 0.1) is 28.8 Å². The molecule has 0 amide bonds. The summed E-state index contributed by atoms with van der Waals surface area (Å²) in [6.45, 7) is 14.2. The van der Waals surface area contributed by atoms with Crippen LogP contribution in [0.4, 0.5) is 4.79 Å². The van der Waals surface area contributed by atoms with Gasteiger partial charge in [0.25, 0.3) is 0 Å². The lowest BCUT2D eigenvalue weighted by atomic mass is 9.79. The van der Waals surface area contributed by atoms with Gasteiger partial charge in [0, 0.05) is 0 Å². The van der Waals surface area contributed by atoms with Crippen molar-refractivity contribution in [1.82, 2.24) is 9.55 Å². The molecule has 2 aromatic rings. The average Bonchev–Trinajstić information content (AvgIpc) is 3.07. The second kappa shape index (κ2) is 7.18. The first-order chi connectivity index (χ1) is 11.7. The summed E-state index contributed by atoms with van der Waals surface area (Å²) in [7, 11) is -0.447. The van der Waals surface area contributed by atoms with Crippen LogP contribution in [0.15, 0.2) is 24.5 Å². The second-order valence-corrected chi connectivity index (χ2v) is 6.65. The molecule has 0 unspecified atom stereocenters. The summed E-state index contributed by atoms with van der Waals surface area (Å²) in [5, 5.41) is 0. The third kappa shape index (κ3) is 3.57. The van der Waals surface area contributed by atoms with E-state index < -0.39 is 24.4 Å². The molecular weight excluding hydrogens is 319 g/mol. The molecule has 0 spiro atoms. The van der Waals surface area contributed by atoms with Crippen LogP contribution in [0.3, 0.4) is 0 Å². The van der Waals surface area contributed by atoms with Crippen LogP contribution in [0.2, 0.25) is 0 Å². The molecule has 0 aliphatic carbocycles. The van der Waals surface area contributed by atoms with Gasteiger partial charge in [-0.25, -0.2) is 14.3 Å². The molecule has 1 saturated heterocycles. The Morgan fingerprint density at radius 1 is 1.20 bits per heavy atom. The highest BCUT2D eigenvalue weighted by Gasteiger charge is 2.51. The Morgan fingerprint density at radius 3 is 2.36 bits per heavy atom. The van der Waals surface area contributed by atoms with Gasteiger partial charge in [-0.05, 0) is 52.2 Å². The predicted molar refractivity (Wildman–Crippen MR) is 99.2 cm³/mol. The van der Waals surface area contributed by atoms with Crippen molar-refractivity contribution < 1.29 is 18.8 Å². The number of benzene rings is 1. The molecule has 0 bridgehead atoms. The van der Waals surface area contributed by atoms with Crippen LogP contribution in [0.1, 0.15) is 48.5 Å². The zero-order valence-corrected chi connectivity index (χ0v) is 16.1. The van der Waals surface area contributed by atoms with Crippen LogP contribution in [0.5, 0.6) is 0 Å². The number of imidazole rings is 1. The van der Waals surface area contributed by atoms with Gasteiger partial charge < -0.3 is 14.0 Å². The van der Waals surface area contributed by atoms with Crippen molar-refractivity contribution in [2.75, 3.05) is 6.61 Å². The zero-order chi connectivity index (χ0) is 18.8. The highest BCUT2D eigenvalue weighted by Crippen LogP contribution is 2.36. The lowest BCUT2D eigenvalue weighted by Crippen LogP contribution is -2.41. The number of aromatic nitrogens is 2. The van der Waals surface area contributed by atoms with E-state index in [-0.39, 0.29) is 0 Å². The molecule has 136 valence electrons. The Kier molecular flexibility index (Phi) is 5.59. The number of ether oxygens (including phenoxy) is 1. The summed E-state index contributed by atoms with van der Waals surface area (Å²) in [5.41, 5.74) is 1.49. The molecule has 0 N–H and O–H groups in total. The summed E-state index contributed by atoms with van der Waals surface area (Å²) in [5.74, 6) is 0. The minimum Gasteiger partial charge on any atom is -0.449 e. The van der Waals surface area contributed by atoms with Gasteiger partial charge in [-0.15, -0.1) is 0 Å². The van der Waals surface area contributed by atoms with Crippen LogP contribution in [-0.2, 0) is 14.0 Å². The second-order valence-electron chi connectivity index (χ2n) is 6.65. The van der Waals surface area contributed by atoms with Crippen molar-refractivity contribution in [3.63, 3.8) is 0 Å². The third-order valence-electron chi connectivity index (χ3n) is 4.56. The monoisotopic (exact) mass is 346 g/mol. The Balaban J connectivity index is 0.00000109. The quantitative estimate of drug-likeness (QED) is 0.780. The third-order valence-corrected chi connectivity index (χ3v) is 4.56. The Morgan fingerprint density at radius 2 is 1.80 bits per heavy atom. The fourth-order valence-electron chi connectivity index (χ4n) is 2.49. The number of hydrogen-bond donors (Lipinski definition) is 0. The first kappa shape index (κ1) is 19.5. The Hall–Kier alpha value is -1.86. The van der Waals surface area contributed by atoms with Crippen LogP contribution < -0.4 is 5.46 Å². The zero-order valence-electron chi connectivity index (χ0n) is 16.1. The van der Waals surface area contributed by atoms with Crippen molar-refractivity contribution in [2.45, 2.75) is 59.7 Å². The fraction of sp³-hybridized carbons (Fsp3) is 0.556. The van der Waals surface area contributed by atoms with Gasteiger partial charge in [-0.3, -0.25) is 0 Å². The highest BCUT2D eigenvalue weighted by molar-refractivity contribution is 6.62. The van der Waals surface area contributed by atoms with E-state index in [1.54, 1.807) is 6.92 Å². The largest absolute Gasteiger partial charge is 0.494 e. The maximum absolute atomic E-state index is 11.9. The maximum Gasteiger partial charge on any atom is 0.494 e. The maximum atomic E-state index is 11.9. The predicted octanol–water partition coefficient (Wildman–Crippen LogP) is 3.37. The molecule has 1 aromatic heterocycles. The van der Waals surface area contributed by atoms with E-state index in [1.165, 1.54) is 10.9 Å². The molecule has 0 radical (unpaired) electrons. The van der Waals surface area contributed by atoms with Gasteiger partial charge in [0.2, 0.25) is 0 Å². The number of nitrogens with zero attached hydrogens (tertiary/aromatic N) is 2. The minimum absolute atomic E-state index is 0.324. The van der Waals surface area contributed by atoms with Crippen molar-refractivity contribution >= 4 is 29.7 Å². The van der Waals surface area contributed by atoms with Gasteiger partial charge in [-0.1, -0.05) is 19.9 Å². The van der Waals surface area contributed by atoms with Crippen molar-refractivity contribution in [3.05, 3.63) is 24.5 Å². The van der Waals surface area contributed by atoms with E-state index in [0.29, 0.717) is 17.6 Å². The lowest BCUT2D eigenvalue weighted by molar-refractivity contribution is 0.00578. The minimum atomic E-state index is -0.447. The van der Waals surface area contributed by atoms with Gasteiger partial charge in [-0.2, -0.15) is 0 Å². The number of hydrogen-bond acceptors (Lipinski definition) is 5. The van der Waals surface area contributed by atoms with Crippen molar-refractivity contribution in [2.24, 2.45) is 0 Å². The lowest BCUT2D eigenvalue weighted by Gasteiger charge is -2.32. The van der Waals surface area contributed by atoms with Crippen LogP contribution >= 0.6 is 0 Å². The number of carbonyl (C=O) groups excluding carboxylic acids is 1. The van der Waals surface area contributed by atoms with Crippen molar-refractivity contribution in [1.29, 1.82) is 0 Å². The fourth-order valence-corrected chi connectivity index (χ4v) is 2.49. The van der Waals surface area contributed by atoms with E-state index in [1.807, 2.05) is 59.7 Å². The van der Waals surface area contributed by atoms with E-state index in [0.717, 1.165) is 5.46 Å². The molecule has 7 heteroatoms. The summed E-state index contributed by atoms with van der Waals surface area (Å²) in [6, 6.07) is 5.61. The first-order valence-corrected chi connectivity index (χ1v) is 8.75. The van der Waals surface area contributed by atoms with Gasteiger partial charge in [0.1, 0.15) is 6.33 Å². The number of carbonyl (C=O) groups is 1. The molecule has 1 aliphatic rings. The SMILES string of the molecule is CC.CCOC(=O)n1cnc2cc(B3OC(C)(C)C(C)(C)O3)ccc21. The van der Waals surface area contributed by atoms with Crippen molar-refractivity contribution in [3.8, 4) is 0 Å². The van der Waals surface area contributed by atoms with Crippen LogP contribution in [-0.4, -0.2) is 40.6 Å². The number of rotatable bonds is 2. The molecular formula is C18H27BN2O4. The molecule has 0 atom stereocenters. The van der Waals surface area contributed by atoms with E-state index in [9.17, 15) is 4.79 Å². The summed E-state index contributed by atoms with van der Waals surface area (Å²) in [4.78, 5) is 16.2. The first-order valence-electron chi connectivity index (χ1n) is 8.75. The molecule has 1 aromatic carbocycles. The average molecular weight is 346 g/mol. The van der Waals surface area contributed by atoms with E-state index >= 15 is 0 Å². The number of fused-ring (bicyclic) bond motifs is 1. The summed E-state index contributed by atoms with van der Waals surface area (Å²) >= 11 is 0. The molecule has 1 fully saturated rings. The molecule has 2 heterocycles. The van der Waals surface area contributed by atoms with E-state index in [4.69, 9.17) is 14.0 Å². The van der Waals surface area contributed by atoms with E-state index in [2.05, 4.69) is 4.98 Å². The molecule has 3 rings (SSSR count). The molecule has 25 heavy (non-hydrogen) atoms. The summed E-state index contributed by atoms with van der Waals surface area (Å²) < 4.78 is 18.5. The standard InChI is InChI=1S/C16H21BN2O4.C2H6/c1-6-21-14(20)19-10-18-12-9-11(7-8-13(12)19)17-22-15(2,3)16(4,5)23-17;1-2/h7-10H,6H2,1-5H3;1-2H3. The smallest absolute Gasteiger partial charge is 0.449 e. The van der Waals surface area contributed by atoms with Gasteiger partial charge >= 0.3 is 13.2 Å². The normalized spacial score (nSPS) is 18.0. The van der Waals surface area contributed by atoms with Gasteiger partial charge in [0.15, 0.2) is 0 Å². The molecule has 6 nitrogen and oxygen atoms in total. The Bertz CT molecular complexity index is 739. The van der Waals surface area contributed by atoms with Crippen LogP contribution in [0.25, 0.3) is 11.0 Å². The summed E-state index contributed by atoms with van der Waals surface area (Å²) in [6.07, 6.45) is 1.04. The molecule has 1 aliphatic heterocycles. The Labute approximate surface area is 149 Å².